The van der Waals surface area contributed by atoms with Crippen LogP contribution in [0.3, 0.4) is 0 Å². The van der Waals surface area contributed by atoms with Crippen molar-refractivity contribution in [2.75, 3.05) is 26.2 Å². The van der Waals surface area contributed by atoms with Crippen molar-refractivity contribution in [3.8, 4) is 0 Å². The van der Waals surface area contributed by atoms with E-state index in [1.54, 1.807) is 0 Å². The van der Waals surface area contributed by atoms with Crippen LogP contribution in [0.25, 0.3) is 5.76 Å². The zero-order valence-electron chi connectivity index (χ0n) is 16.7. The summed E-state index contributed by atoms with van der Waals surface area (Å²) in [5.41, 5.74) is 0.841. The number of quaternary nitrogens is 1. The molecule has 1 unspecified atom stereocenters. The molecule has 1 fully saturated rings. The maximum absolute atomic E-state index is 13.3. The minimum absolute atomic E-state index is 0.0673. The van der Waals surface area contributed by atoms with Gasteiger partial charge in [0.1, 0.15) is 5.82 Å². The van der Waals surface area contributed by atoms with Gasteiger partial charge in [0.2, 0.25) is 5.78 Å². The van der Waals surface area contributed by atoms with Gasteiger partial charge < -0.3 is 14.9 Å². The molecule has 5 nitrogen and oxygen atoms in total. The molecule has 0 aromatic heterocycles. The first-order valence-corrected chi connectivity index (χ1v) is 9.88. The molecule has 0 saturated carbocycles. The number of hydrogen-bond acceptors (Lipinski definition) is 3. The molecule has 1 heterocycles. The minimum Gasteiger partial charge on any atom is -0.872 e. The molecule has 0 spiro atoms. The van der Waals surface area contributed by atoms with E-state index in [9.17, 15) is 19.1 Å². The number of Topliss-reactive ketones (excluding diaryl/α,β-unsaturated/α-hetero) is 1. The first-order chi connectivity index (χ1) is 14.0. The summed E-state index contributed by atoms with van der Waals surface area (Å²) >= 11 is 0. The van der Waals surface area contributed by atoms with Crippen LogP contribution in [0.4, 0.5) is 4.39 Å². The van der Waals surface area contributed by atoms with Crippen LogP contribution in [0.1, 0.15) is 31.0 Å². The first kappa shape index (κ1) is 20.7. The molecule has 3 rings (SSSR count). The van der Waals surface area contributed by atoms with Crippen molar-refractivity contribution in [3.05, 3.63) is 77.1 Å². The molecule has 1 aliphatic rings. The average molecular weight is 396 g/mol. The molecular weight excluding hydrogens is 371 g/mol. The van der Waals surface area contributed by atoms with E-state index in [4.69, 9.17) is 0 Å². The van der Waals surface area contributed by atoms with Gasteiger partial charge in [-0.1, -0.05) is 48.2 Å². The molecule has 0 radical (unpaired) electrons. The Bertz CT molecular complexity index is 905. The highest BCUT2D eigenvalue weighted by atomic mass is 19.1. The number of nitrogens with zero attached hydrogens (tertiary/aromatic N) is 1. The molecule has 1 N–H and O–H groups in total. The maximum atomic E-state index is 13.3. The summed E-state index contributed by atoms with van der Waals surface area (Å²) in [4.78, 5) is 28.4. The number of likely N-dealkylation sites (N-methyl/N-ethyl adjacent to an activating group) is 1. The Labute approximate surface area is 170 Å². The zero-order chi connectivity index (χ0) is 21.0. The number of rotatable bonds is 7. The van der Waals surface area contributed by atoms with Crippen molar-refractivity contribution in [2.45, 2.75) is 19.9 Å². The first-order valence-electron chi connectivity index (χ1n) is 9.88. The van der Waals surface area contributed by atoms with Crippen molar-refractivity contribution >= 4 is 17.4 Å². The van der Waals surface area contributed by atoms with Crippen molar-refractivity contribution in [3.63, 3.8) is 0 Å². The summed E-state index contributed by atoms with van der Waals surface area (Å²) in [7, 11) is 0. The lowest BCUT2D eigenvalue weighted by Crippen LogP contribution is -3.12. The molecule has 152 valence electrons. The Morgan fingerprint density at radius 1 is 1.03 bits per heavy atom. The molecule has 1 atom stereocenters. The number of hydrogen-bond donors (Lipinski definition) is 1. The number of carbonyl (C=O) groups excluding carboxylic acids is 2. The van der Waals surface area contributed by atoms with E-state index in [1.807, 2.05) is 30.3 Å². The van der Waals surface area contributed by atoms with Crippen LogP contribution in [-0.4, -0.2) is 42.8 Å². The molecule has 2 aromatic rings. The Kier molecular flexibility index (Phi) is 6.44. The normalized spacial score (nSPS) is 18.6. The number of halogens is 1. The Balaban J connectivity index is 2.06. The number of likely N-dealkylation sites (tertiary alicyclic amines) is 1. The van der Waals surface area contributed by atoms with Gasteiger partial charge in [-0.15, -0.1) is 0 Å². The largest absolute Gasteiger partial charge is 0.872 e. The topological polar surface area (TPSA) is 64.9 Å². The van der Waals surface area contributed by atoms with Gasteiger partial charge in [0.15, 0.2) is 0 Å². The molecule has 0 bridgehead atoms. The molecule has 1 saturated heterocycles. The van der Waals surface area contributed by atoms with Crippen molar-refractivity contribution in [2.24, 2.45) is 0 Å². The lowest BCUT2D eigenvalue weighted by molar-refractivity contribution is -0.895. The zero-order valence-corrected chi connectivity index (χ0v) is 16.7. The van der Waals surface area contributed by atoms with Crippen LogP contribution < -0.4 is 10.0 Å². The quantitative estimate of drug-likeness (QED) is 0.431. The van der Waals surface area contributed by atoms with E-state index in [2.05, 4.69) is 13.8 Å². The number of ketones is 1. The van der Waals surface area contributed by atoms with Crippen molar-refractivity contribution < 1.29 is 24.0 Å². The molecular formula is C23H25FN2O3. The van der Waals surface area contributed by atoms with Gasteiger partial charge in [-0.05, 0) is 37.1 Å². The third-order valence-electron chi connectivity index (χ3n) is 5.46. The van der Waals surface area contributed by atoms with E-state index in [-0.39, 0.29) is 11.1 Å². The molecule has 29 heavy (non-hydrogen) atoms. The molecule has 1 aliphatic heterocycles. The van der Waals surface area contributed by atoms with Crippen LogP contribution in [0.5, 0.6) is 0 Å². The summed E-state index contributed by atoms with van der Waals surface area (Å²) in [6, 6.07) is 13.4. The Morgan fingerprint density at radius 2 is 1.66 bits per heavy atom. The average Bonchev–Trinajstić information content (AvgIpc) is 3.00. The molecule has 2 aromatic carbocycles. The van der Waals surface area contributed by atoms with Gasteiger partial charge in [0.25, 0.3) is 5.91 Å². The predicted octanol–water partition coefficient (Wildman–Crippen LogP) is 0.974. The standard InChI is InChI=1S/C23H25FN2O3/c1-3-25(4-2)14-15-26-20(16-8-6-5-7-9-16)19(22(28)23(26)29)21(27)17-10-12-18(24)13-11-17/h5-13,20,27H,3-4,14-15H2,1-2H3/b21-19+. The second-order valence-corrected chi connectivity index (χ2v) is 7.10. The van der Waals surface area contributed by atoms with Crippen LogP contribution in [0.15, 0.2) is 60.2 Å². The maximum Gasteiger partial charge on any atom is 0.295 e. The van der Waals surface area contributed by atoms with Gasteiger partial charge in [0.05, 0.1) is 32.2 Å². The predicted molar refractivity (Wildman–Crippen MR) is 106 cm³/mol. The summed E-state index contributed by atoms with van der Waals surface area (Å²) in [5.74, 6) is -2.43. The van der Waals surface area contributed by atoms with Gasteiger partial charge in [0, 0.05) is 5.57 Å². The highest BCUT2D eigenvalue weighted by Crippen LogP contribution is 2.38. The van der Waals surface area contributed by atoms with E-state index in [0.29, 0.717) is 18.7 Å². The second kappa shape index (κ2) is 9.01. The van der Waals surface area contributed by atoms with E-state index in [1.165, 1.54) is 34.1 Å². The molecule has 6 heteroatoms. The summed E-state index contributed by atoms with van der Waals surface area (Å²) in [5, 5.41) is 13.1. The minimum atomic E-state index is -0.775. The molecule has 0 aliphatic carbocycles. The monoisotopic (exact) mass is 396 g/mol. The van der Waals surface area contributed by atoms with E-state index >= 15 is 0 Å². The van der Waals surface area contributed by atoms with Crippen LogP contribution in [0.2, 0.25) is 0 Å². The fraction of sp³-hybridized carbons (Fsp3) is 0.304. The van der Waals surface area contributed by atoms with Crippen LogP contribution >= 0.6 is 0 Å². The lowest BCUT2D eigenvalue weighted by Gasteiger charge is -2.28. The Morgan fingerprint density at radius 3 is 2.24 bits per heavy atom. The Hall–Kier alpha value is -2.99. The van der Waals surface area contributed by atoms with Crippen LogP contribution in [-0.2, 0) is 9.59 Å². The van der Waals surface area contributed by atoms with Gasteiger partial charge >= 0.3 is 0 Å². The third kappa shape index (κ3) is 4.22. The summed E-state index contributed by atoms with van der Waals surface area (Å²) in [6.07, 6.45) is 0. The second-order valence-electron chi connectivity index (χ2n) is 7.10. The van der Waals surface area contributed by atoms with Gasteiger partial charge in [-0.25, -0.2) is 4.39 Å². The molecule has 1 amide bonds. The third-order valence-corrected chi connectivity index (χ3v) is 5.46. The number of benzene rings is 2. The number of amides is 1. The van der Waals surface area contributed by atoms with E-state index in [0.717, 1.165) is 13.1 Å². The van der Waals surface area contributed by atoms with Gasteiger partial charge in [-0.2, -0.15) is 0 Å². The lowest BCUT2D eigenvalue weighted by atomic mass is 9.95. The van der Waals surface area contributed by atoms with Gasteiger partial charge in [-0.3, -0.25) is 9.59 Å². The van der Waals surface area contributed by atoms with Crippen molar-refractivity contribution in [1.29, 1.82) is 0 Å². The van der Waals surface area contributed by atoms with E-state index < -0.39 is 29.3 Å². The fourth-order valence-corrected chi connectivity index (χ4v) is 3.72. The number of nitrogens with one attached hydrogen (secondary N) is 1. The fourth-order valence-electron chi connectivity index (χ4n) is 3.72. The highest BCUT2D eigenvalue weighted by molar-refractivity contribution is 6.46. The van der Waals surface area contributed by atoms with Crippen molar-refractivity contribution in [1.82, 2.24) is 4.90 Å². The smallest absolute Gasteiger partial charge is 0.295 e. The summed E-state index contributed by atoms with van der Waals surface area (Å²) < 4.78 is 13.3. The number of carbonyl (C=O) groups is 2. The highest BCUT2D eigenvalue weighted by Gasteiger charge is 2.44. The SMILES string of the molecule is CC[NH+](CC)CCN1C(=O)C(=O)/C(=C(/[O-])c2ccc(F)cc2)C1c1ccccc1. The van der Waals surface area contributed by atoms with Crippen LogP contribution in [0, 0.1) is 5.82 Å². The summed E-state index contributed by atoms with van der Waals surface area (Å²) in [6.45, 7) is 7.02.